The van der Waals surface area contributed by atoms with Gasteiger partial charge in [-0.05, 0) is 51.3 Å². The van der Waals surface area contributed by atoms with Crippen LogP contribution < -0.4 is 0 Å². The molecule has 2 rings (SSSR count). The Labute approximate surface area is 145 Å². The number of rotatable bonds is 3. The summed E-state index contributed by atoms with van der Waals surface area (Å²) in [5.41, 5.74) is 2.92. The molecule has 0 aliphatic carbocycles. The van der Waals surface area contributed by atoms with Crippen LogP contribution in [0, 0.1) is 13.8 Å². The molecule has 0 saturated carbocycles. The highest BCUT2D eigenvalue weighted by atomic mass is 16.6. The number of benzene rings is 1. The molecule has 1 amide bonds. The van der Waals surface area contributed by atoms with Crippen LogP contribution in [-0.4, -0.2) is 59.3 Å². The van der Waals surface area contributed by atoms with Gasteiger partial charge >= 0.3 is 6.09 Å². The Hall–Kier alpha value is -1.59. The maximum atomic E-state index is 12.1. The van der Waals surface area contributed by atoms with Gasteiger partial charge in [-0.25, -0.2) is 4.79 Å². The van der Waals surface area contributed by atoms with Crippen molar-refractivity contribution in [2.24, 2.45) is 0 Å². The molecule has 0 radical (unpaired) electrons. The number of piperazine rings is 1. The molecular weight excluding hydrogens is 304 g/mol. The Bertz CT molecular complexity index is 572. The van der Waals surface area contributed by atoms with Crippen LogP contribution in [0.1, 0.15) is 43.6 Å². The molecule has 0 spiro atoms. The third-order valence-corrected chi connectivity index (χ3v) is 4.37. The standard InChI is InChI=1S/C19H30N2O3/c1-14-6-7-16(12-15(14)2)17(22)13-20-8-10-21(11-9-20)18(23)24-19(3,4)5/h6-7,12,17,22H,8-11,13H2,1-5H3. The van der Waals surface area contributed by atoms with Gasteiger partial charge in [-0.2, -0.15) is 0 Å². The van der Waals surface area contributed by atoms with Crippen LogP contribution in [0.4, 0.5) is 4.79 Å². The van der Waals surface area contributed by atoms with Crippen LogP contribution in [0.15, 0.2) is 18.2 Å². The fraction of sp³-hybridized carbons (Fsp3) is 0.632. The number of β-amino-alcohol motifs (C(OH)–C–C–N with tert-alkyl or cyclic N) is 1. The minimum absolute atomic E-state index is 0.253. The van der Waals surface area contributed by atoms with Crippen molar-refractivity contribution in [2.75, 3.05) is 32.7 Å². The van der Waals surface area contributed by atoms with Crippen molar-refractivity contribution in [3.8, 4) is 0 Å². The molecule has 0 bridgehead atoms. The van der Waals surface area contributed by atoms with E-state index in [1.54, 1.807) is 4.90 Å². The number of carbonyl (C=O) groups is 1. The molecule has 1 aliphatic rings. The summed E-state index contributed by atoms with van der Waals surface area (Å²) >= 11 is 0. The predicted molar refractivity (Wildman–Crippen MR) is 95.1 cm³/mol. The summed E-state index contributed by atoms with van der Waals surface area (Å²) in [5, 5.41) is 10.5. The average molecular weight is 334 g/mol. The van der Waals surface area contributed by atoms with Crippen LogP contribution in [0.3, 0.4) is 0 Å². The smallest absolute Gasteiger partial charge is 0.410 e. The van der Waals surface area contributed by atoms with E-state index in [0.29, 0.717) is 19.6 Å². The second kappa shape index (κ2) is 7.53. The van der Waals surface area contributed by atoms with E-state index in [1.165, 1.54) is 11.1 Å². The maximum absolute atomic E-state index is 12.1. The Kier molecular flexibility index (Phi) is 5.88. The highest BCUT2D eigenvalue weighted by Crippen LogP contribution is 2.19. The first-order chi connectivity index (χ1) is 11.2. The second-order valence-electron chi connectivity index (χ2n) is 7.63. The van der Waals surface area contributed by atoms with Crippen LogP contribution in [0.5, 0.6) is 0 Å². The minimum atomic E-state index is -0.502. The van der Waals surface area contributed by atoms with Gasteiger partial charge < -0.3 is 14.7 Å². The van der Waals surface area contributed by atoms with Crippen molar-refractivity contribution in [3.63, 3.8) is 0 Å². The fourth-order valence-electron chi connectivity index (χ4n) is 2.76. The van der Waals surface area contributed by atoms with Gasteiger partial charge in [-0.1, -0.05) is 18.2 Å². The molecule has 134 valence electrons. The zero-order valence-corrected chi connectivity index (χ0v) is 15.5. The summed E-state index contributed by atoms with van der Waals surface area (Å²) in [5.74, 6) is 0. The number of hydrogen-bond acceptors (Lipinski definition) is 4. The van der Waals surface area contributed by atoms with E-state index in [4.69, 9.17) is 4.74 Å². The summed E-state index contributed by atoms with van der Waals surface area (Å²) < 4.78 is 5.41. The third-order valence-electron chi connectivity index (χ3n) is 4.37. The topological polar surface area (TPSA) is 53.0 Å². The van der Waals surface area contributed by atoms with Crippen LogP contribution in [0.2, 0.25) is 0 Å². The van der Waals surface area contributed by atoms with Gasteiger partial charge in [-0.3, -0.25) is 4.90 Å². The summed E-state index contributed by atoms with van der Waals surface area (Å²) in [4.78, 5) is 16.0. The van der Waals surface area contributed by atoms with E-state index in [2.05, 4.69) is 24.8 Å². The van der Waals surface area contributed by atoms with Crippen molar-refractivity contribution >= 4 is 6.09 Å². The normalized spacial score (nSPS) is 17.7. The van der Waals surface area contributed by atoms with Crippen molar-refractivity contribution in [1.29, 1.82) is 0 Å². The molecule has 1 N–H and O–H groups in total. The lowest BCUT2D eigenvalue weighted by Crippen LogP contribution is -2.50. The molecule has 5 nitrogen and oxygen atoms in total. The highest BCUT2D eigenvalue weighted by Gasteiger charge is 2.26. The van der Waals surface area contributed by atoms with Crippen molar-refractivity contribution in [1.82, 2.24) is 9.80 Å². The second-order valence-corrected chi connectivity index (χ2v) is 7.63. The third kappa shape index (κ3) is 5.21. The number of amides is 1. The first-order valence-electron chi connectivity index (χ1n) is 8.61. The molecule has 1 unspecified atom stereocenters. The number of aliphatic hydroxyl groups is 1. The molecule has 1 aliphatic heterocycles. The summed E-state index contributed by atoms with van der Waals surface area (Å²) in [6, 6.07) is 6.09. The van der Waals surface area contributed by atoms with E-state index in [0.717, 1.165) is 18.7 Å². The number of carbonyl (C=O) groups excluding carboxylic acids is 1. The number of aryl methyl sites for hydroxylation is 2. The predicted octanol–water partition coefficient (Wildman–Crippen LogP) is 2.89. The molecule has 1 fully saturated rings. The van der Waals surface area contributed by atoms with Gasteiger partial charge in [0.2, 0.25) is 0 Å². The number of ether oxygens (including phenoxy) is 1. The Morgan fingerprint density at radius 3 is 2.33 bits per heavy atom. The van der Waals surface area contributed by atoms with E-state index in [1.807, 2.05) is 32.9 Å². The Morgan fingerprint density at radius 2 is 1.79 bits per heavy atom. The molecule has 0 aromatic heterocycles. The first-order valence-corrected chi connectivity index (χ1v) is 8.61. The maximum Gasteiger partial charge on any atom is 0.410 e. The quantitative estimate of drug-likeness (QED) is 0.923. The molecule has 1 heterocycles. The SMILES string of the molecule is Cc1ccc(C(O)CN2CCN(C(=O)OC(C)(C)C)CC2)cc1C. The van der Waals surface area contributed by atoms with E-state index in [-0.39, 0.29) is 6.09 Å². The summed E-state index contributed by atoms with van der Waals surface area (Å²) in [7, 11) is 0. The first kappa shape index (κ1) is 18.7. The van der Waals surface area contributed by atoms with Gasteiger partial charge in [0.1, 0.15) is 5.60 Å². The monoisotopic (exact) mass is 334 g/mol. The minimum Gasteiger partial charge on any atom is -0.444 e. The molecular formula is C19H30N2O3. The average Bonchev–Trinajstić information content (AvgIpc) is 2.49. The number of aliphatic hydroxyl groups excluding tert-OH is 1. The summed E-state index contributed by atoms with van der Waals surface area (Å²) in [6.07, 6.45) is -0.755. The molecule has 1 aromatic carbocycles. The lowest BCUT2D eigenvalue weighted by Gasteiger charge is -2.36. The molecule has 5 heteroatoms. The van der Waals surface area contributed by atoms with Crippen LogP contribution >= 0.6 is 0 Å². The Balaban J connectivity index is 1.84. The lowest BCUT2D eigenvalue weighted by molar-refractivity contribution is 0.0101. The van der Waals surface area contributed by atoms with Gasteiger partial charge in [0.05, 0.1) is 6.10 Å². The van der Waals surface area contributed by atoms with Gasteiger partial charge in [-0.15, -0.1) is 0 Å². The van der Waals surface area contributed by atoms with Crippen molar-refractivity contribution < 1.29 is 14.6 Å². The highest BCUT2D eigenvalue weighted by molar-refractivity contribution is 5.68. The van der Waals surface area contributed by atoms with Gasteiger partial charge in [0.25, 0.3) is 0 Å². The largest absolute Gasteiger partial charge is 0.444 e. The zero-order chi connectivity index (χ0) is 17.9. The molecule has 24 heavy (non-hydrogen) atoms. The van der Waals surface area contributed by atoms with Crippen LogP contribution in [0.25, 0.3) is 0 Å². The number of nitrogens with zero attached hydrogens (tertiary/aromatic N) is 2. The lowest BCUT2D eigenvalue weighted by atomic mass is 10.0. The molecule has 1 atom stereocenters. The Morgan fingerprint density at radius 1 is 1.17 bits per heavy atom. The van der Waals surface area contributed by atoms with E-state index < -0.39 is 11.7 Å². The van der Waals surface area contributed by atoms with Crippen molar-refractivity contribution in [2.45, 2.75) is 46.3 Å². The van der Waals surface area contributed by atoms with Gasteiger partial charge in [0.15, 0.2) is 0 Å². The fourth-order valence-corrected chi connectivity index (χ4v) is 2.76. The van der Waals surface area contributed by atoms with Gasteiger partial charge in [0, 0.05) is 32.7 Å². The number of hydrogen-bond donors (Lipinski definition) is 1. The van der Waals surface area contributed by atoms with Crippen molar-refractivity contribution in [3.05, 3.63) is 34.9 Å². The molecule has 1 aromatic rings. The summed E-state index contributed by atoms with van der Waals surface area (Å²) in [6.45, 7) is 13.1. The van der Waals surface area contributed by atoms with E-state index in [9.17, 15) is 9.90 Å². The van der Waals surface area contributed by atoms with Crippen LogP contribution in [-0.2, 0) is 4.74 Å². The molecule has 1 saturated heterocycles. The zero-order valence-electron chi connectivity index (χ0n) is 15.5. The van der Waals surface area contributed by atoms with E-state index >= 15 is 0 Å².